The van der Waals surface area contributed by atoms with Crippen molar-refractivity contribution in [3.05, 3.63) is 202 Å². The van der Waals surface area contributed by atoms with E-state index >= 15 is 0 Å². The fourth-order valence-corrected chi connectivity index (χ4v) is 12.5. The summed E-state index contributed by atoms with van der Waals surface area (Å²) in [5, 5.41) is 19.6. The molecule has 16 heteroatoms. The number of anilines is 2. The van der Waals surface area contributed by atoms with Crippen LogP contribution in [-0.4, -0.2) is 47.4 Å². The third kappa shape index (κ3) is 13.8. The number of carboxylic acid groups (broad SMARTS) is 2. The molecule has 0 bridgehead atoms. The molecule has 0 saturated heterocycles. The Balaban J connectivity index is 0.000000228. The molecule has 0 amide bonds. The van der Waals surface area contributed by atoms with Gasteiger partial charge in [-0.1, -0.05) is 112 Å². The minimum Gasteiger partial charge on any atom is -0.478 e. The van der Waals surface area contributed by atoms with Crippen LogP contribution in [0.3, 0.4) is 0 Å². The zero-order chi connectivity index (χ0) is 49.8. The van der Waals surface area contributed by atoms with Gasteiger partial charge in [-0.2, -0.15) is 0 Å². The first-order chi connectivity index (χ1) is 32.8. The first-order valence-electron chi connectivity index (χ1n) is 22.1. The lowest BCUT2D eigenvalue weighted by molar-refractivity contribution is 0.0686. The zero-order valence-electron chi connectivity index (χ0n) is 38.3. The molecule has 0 aliphatic carbocycles. The van der Waals surface area contributed by atoms with Crippen molar-refractivity contribution in [1.29, 1.82) is 0 Å². The number of sulfonamides is 2. The van der Waals surface area contributed by atoms with E-state index in [-0.39, 0.29) is 35.4 Å². The first kappa shape index (κ1) is 51.8. The van der Waals surface area contributed by atoms with Gasteiger partial charge in [0.05, 0.1) is 37.2 Å². The van der Waals surface area contributed by atoms with E-state index in [2.05, 4.69) is 30.2 Å². The van der Waals surface area contributed by atoms with E-state index in [0.29, 0.717) is 43.5 Å². The lowest BCUT2D eigenvalue weighted by atomic mass is 9.82. The summed E-state index contributed by atoms with van der Waals surface area (Å²) in [6.45, 7) is 6.40. The summed E-state index contributed by atoms with van der Waals surface area (Å²) >= 11 is 0.844. The Kier molecular flexibility index (Phi) is 17.0. The summed E-state index contributed by atoms with van der Waals surface area (Å²) in [6, 6.07) is 44.2. The Bertz CT molecular complexity index is 3240. The molecule has 0 unspecified atom stereocenters. The molecule has 1 heterocycles. The topological polar surface area (TPSA) is 201 Å². The smallest absolute Gasteiger partial charge is 0.335 e. The Hall–Kier alpha value is -6.59. The van der Waals surface area contributed by atoms with Crippen LogP contribution >= 0.6 is 11.3 Å². The van der Waals surface area contributed by atoms with Gasteiger partial charge in [-0.25, -0.2) is 34.8 Å². The van der Waals surface area contributed by atoms with Gasteiger partial charge in [0.2, 0.25) is 9.84 Å². The molecular weight excluding hydrogens is 953 g/mol. The number of benzene rings is 6. The number of para-hydroxylation sites is 2. The molecule has 0 radical (unpaired) electrons. The van der Waals surface area contributed by atoms with E-state index in [1.807, 2.05) is 54.6 Å². The molecule has 0 aliphatic heterocycles. The minimum atomic E-state index is -4.01. The van der Waals surface area contributed by atoms with E-state index in [1.165, 1.54) is 29.6 Å². The highest BCUT2D eigenvalue weighted by atomic mass is 32.2. The molecule has 0 saturated carbocycles. The quantitative estimate of drug-likeness (QED) is 0.0569. The summed E-state index contributed by atoms with van der Waals surface area (Å²) in [7, 11) is -11.5. The zero-order valence-corrected chi connectivity index (χ0v) is 41.6. The fraction of sp³-hybridized carbons (Fsp3) is 0.208. The molecule has 7 aromatic rings. The lowest BCUT2D eigenvalue weighted by Gasteiger charge is -2.23. The van der Waals surface area contributed by atoms with Crippen molar-refractivity contribution in [3.63, 3.8) is 0 Å². The number of carboxylic acids is 2. The largest absolute Gasteiger partial charge is 0.478 e. The van der Waals surface area contributed by atoms with Crippen molar-refractivity contribution in [2.45, 2.75) is 90.0 Å². The maximum Gasteiger partial charge on any atom is 0.335 e. The number of aryl methyl sites for hydroxylation is 4. The highest BCUT2D eigenvalue weighted by Gasteiger charge is 2.25. The van der Waals surface area contributed by atoms with Crippen molar-refractivity contribution in [1.82, 2.24) is 0 Å². The monoisotopic (exact) mass is 1010 g/mol. The van der Waals surface area contributed by atoms with E-state index in [0.717, 1.165) is 52.0 Å². The molecule has 6 aromatic carbocycles. The number of sulfone groups is 1. The maximum absolute atomic E-state index is 13.1. The fourth-order valence-electron chi connectivity index (χ4n) is 7.37. The van der Waals surface area contributed by atoms with E-state index in [1.54, 1.807) is 78.9 Å². The van der Waals surface area contributed by atoms with Crippen LogP contribution in [0.25, 0.3) is 0 Å². The minimum absolute atomic E-state index is 0.00764. The van der Waals surface area contributed by atoms with Crippen LogP contribution in [-0.2, 0) is 61.0 Å². The van der Waals surface area contributed by atoms with Crippen LogP contribution in [0.1, 0.15) is 88.6 Å². The van der Waals surface area contributed by atoms with E-state index < -0.39 is 41.8 Å². The first-order valence-corrected chi connectivity index (χ1v) is 27.5. The van der Waals surface area contributed by atoms with E-state index in [9.17, 15) is 34.8 Å². The Morgan fingerprint density at radius 3 is 1.49 bits per heavy atom. The predicted octanol–water partition coefficient (Wildman–Crippen LogP) is 11.3. The number of rotatable bonds is 20. The molecule has 360 valence electrons. The van der Waals surface area contributed by atoms with Crippen molar-refractivity contribution < 1.29 is 45.1 Å². The number of nitrogens with one attached hydrogen (secondary N) is 2. The molecule has 0 aliphatic rings. The van der Waals surface area contributed by atoms with Crippen molar-refractivity contribution in [2.75, 3.05) is 9.44 Å². The van der Waals surface area contributed by atoms with Gasteiger partial charge >= 0.3 is 11.9 Å². The Morgan fingerprint density at radius 1 is 0.522 bits per heavy atom. The van der Waals surface area contributed by atoms with Crippen LogP contribution in [0, 0.1) is 0 Å². The molecule has 0 atom stereocenters. The number of hydrogen-bond donors (Lipinski definition) is 4. The van der Waals surface area contributed by atoms with E-state index in [4.69, 9.17) is 10.2 Å². The SMILES string of the molecule is CCC(C)(C)c1ccc(S(=O)(=O)Nc2ccccc2CCCc2cccc(C(=O)O)c2)cc1.O=C(O)c1cccc(CCCc2ccccc2NS(=O)(=O)c2cc(S(=O)(=O)c3ccccc3)cs2)c1. The van der Waals surface area contributed by atoms with Crippen LogP contribution in [0.5, 0.6) is 0 Å². The summed E-state index contributed by atoms with van der Waals surface area (Å²) < 4.78 is 83.1. The second-order valence-corrected chi connectivity index (χ2v) is 23.4. The molecule has 0 fully saturated rings. The summed E-state index contributed by atoms with van der Waals surface area (Å²) in [4.78, 5) is 22.6. The Morgan fingerprint density at radius 2 is 1.00 bits per heavy atom. The third-order valence-corrected chi connectivity index (χ3v) is 17.8. The summed E-state index contributed by atoms with van der Waals surface area (Å²) in [5.74, 6) is -1.92. The molecule has 4 N–H and O–H groups in total. The standard InChI is InChI=1S/C27H31NO4S.C26H23NO6S3/c1-4-27(2,3)23-15-17-24(18-16-23)33(31,32)28-25-14-6-5-11-21(25)12-7-9-20-10-8-13-22(19-20)26(29)30;28-26(29)21-12-7-9-19(16-21)8-6-11-20-10-4-5-15-24(20)27-36(32,33)25-17-23(18-34-25)35(30,31)22-13-2-1-3-14-22/h5-6,8,10-11,13-19,28H,4,7,9,12H2,1-3H3,(H,29,30);1-5,7,9-10,12-18,27H,6,8,11H2,(H,28,29). The molecule has 1 aromatic heterocycles. The predicted molar refractivity (Wildman–Crippen MR) is 271 cm³/mol. The van der Waals surface area contributed by atoms with Gasteiger partial charge in [0.25, 0.3) is 20.0 Å². The highest BCUT2D eigenvalue weighted by Crippen LogP contribution is 2.31. The molecule has 0 spiro atoms. The summed E-state index contributed by atoms with van der Waals surface area (Å²) in [6.07, 6.45) is 4.98. The molecule has 12 nitrogen and oxygen atoms in total. The average Bonchev–Trinajstić information content (AvgIpc) is 3.87. The van der Waals surface area contributed by atoms with Crippen LogP contribution in [0.4, 0.5) is 11.4 Å². The van der Waals surface area contributed by atoms with Crippen molar-refractivity contribution in [2.24, 2.45) is 0 Å². The normalized spacial score (nSPS) is 11.8. The van der Waals surface area contributed by atoms with Crippen LogP contribution in [0.15, 0.2) is 182 Å². The second-order valence-electron chi connectivity index (χ2n) is 16.9. The molecular formula is C53H54N2O10S4. The van der Waals surface area contributed by atoms with Gasteiger partial charge in [0.15, 0.2) is 0 Å². The van der Waals surface area contributed by atoms with Crippen LogP contribution in [0.2, 0.25) is 0 Å². The van der Waals surface area contributed by atoms with Gasteiger partial charge in [-0.3, -0.25) is 9.44 Å². The number of thiophene rings is 1. The molecule has 69 heavy (non-hydrogen) atoms. The van der Waals surface area contributed by atoms with Gasteiger partial charge < -0.3 is 10.2 Å². The highest BCUT2D eigenvalue weighted by molar-refractivity contribution is 7.95. The maximum atomic E-state index is 13.1. The number of aromatic carboxylic acids is 2. The van der Waals surface area contributed by atoms with Gasteiger partial charge in [0, 0.05) is 5.38 Å². The average molecular weight is 1010 g/mol. The Labute approximate surface area is 408 Å². The van der Waals surface area contributed by atoms with Crippen molar-refractivity contribution >= 4 is 64.5 Å². The number of carbonyl (C=O) groups is 2. The molecule has 7 rings (SSSR count). The van der Waals surface area contributed by atoms with Crippen molar-refractivity contribution in [3.8, 4) is 0 Å². The second kappa shape index (κ2) is 22.7. The third-order valence-electron chi connectivity index (χ3n) is 11.7. The summed E-state index contributed by atoms with van der Waals surface area (Å²) in [5.41, 5.74) is 6.10. The van der Waals surface area contributed by atoms with Gasteiger partial charge in [-0.05, 0) is 145 Å². The lowest BCUT2D eigenvalue weighted by Crippen LogP contribution is -2.17. The number of hydrogen-bond acceptors (Lipinski definition) is 9. The van der Waals surface area contributed by atoms with Gasteiger partial charge in [-0.15, -0.1) is 11.3 Å². The van der Waals surface area contributed by atoms with Gasteiger partial charge in [0.1, 0.15) is 4.21 Å². The van der Waals surface area contributed by atoms with Crippen LogP contribution < -0.4 is 9.44 Å².